The lowest BCUT2D eigenvalue weighted by Gasteiger charge is -2.24. The minimum absolute atomic E-state index is 0.151. The number of carbonyl (C=O) groups is 2. The summed E-state index contributed by atoms with van der Waals surface area (Å²) in [6, 6.07) is 18.6. The molecule has 1 saturated carbocycles. The van der Waals surface area contributed by atoms with Crippen molar-refractivity contribution in [3.05, 3.63) is 77.6 Å². The lowest BCUT2D eigenvalue weighted by atomic mass is 9.84. The van der Waals surface area contributed by atoms with Gasteiger partial charge in [0.2, 0.25) is 0 Å². The van der Waals surface area contributed by atoms with Crippen LogP contribution in [0.4, 0.5) is 5.82 Å². The lowest BCUT2D eigenvalue weighted by molar-refractivity contribution is -0.124. The molecule has 2 aromatic heterocycles. The summed E-state index contributed by atoms with van der Waals surface area (Å²) in [5.41, 5.74) is 4.52. The first-order chi connectivity index (χ1) is 18.4. The first-order valence-corrected chi connectivity index (χ1v) is 13.5. The number of ketones is 1. The number of imidazole rings is 1. The van der Waals surface area contributed by atoms with Gasteiger partial charge in [0, 0.05) is 12.3 Å². The molecule has 196 valence electrons. The predicted molar refractivity (Wildman–Crippen MR) is 150 cm³/mol. The summed E-state index contributed by atoms with van der Waals surface area (Å²) in [4.78, 5) is 34.3. The molecule has 0 bridgehead atoms. The molecule has 0 saturated heterocycles. The Labute approximate surface area is 222 Å². The van der Waals surface area contributed by atoms with Gasteiger partial charge in [0.25, 0.3) is 0 Å². The number of aromatic carboxylic acids is 1. The molecule has 0 radical (unpaired) electrons. The maximum atomic E-state index is 13.0. The van der Waals surface area contributed by atoms with Crippen LogP contribution in [0.5, 0.6) is 0 Å². The minimum atomic E-state index is -0.938. The van der Waals surface area contributed by atoms with E-state index in [1.807, 2.05) is 55.5 Å². The third-order valence-electron chi connectivity index (χ3n) is 7.55. The molecule has 0 aliphatic heterocycles. The fraction of sp³-hybridized carbons (Fsp3) is 0.355. The number of carboxylic acid groups (broad SMARTS) is 1. The number of anilines is 1. The average molecular weight is 511 g/mol. The van der Waals surface area contributed by atoms with Crippen molar-refractivity contribution in [3.63, 3.8) is 0 Å². The van der Waals surface area contributed by atoms with Crippen LogP contribution in [0, 0.1) is 5.92 Å². The van der Waals surface area contributed by atoms with Crippen molar-refractivity contribution < 1.29 is 14.7 Å². The third kappa shape index (κ3) is 5.32. The second kappa shape index (κ2) is 11.2. The molecule has 2 heterocycles. The van der Waals surface area contributed by atoms with E-state index in [1.165, 1.54) is 6.42 Å². The number of pyridine rings is 1. The Morgan fingerprint density at radius 1 is 1.00 bits per heavy atom. The third-order valence-corrected chi connectivity index (χ3v) is 7.55. The molecular weight excluding hydrogens is 476 g/mol. The number of Topliss-reactive ketones (excluding diaryl/α,β-unsaturated/α-hetero) is 1. The van der Waals surface area contributed by atoms with Crippen LogP contribution in [0.25, 0.3) is 22.3 Å². The Balaban J connectivity index is 1.38. The van der Waals surface area contributed by atoms with Crippen LogP contribution in [0.3, 0.4) is 0 Å². The predicted octanol–water partition coefficient (Wildman–Crippen LogP) is 6.36. The van der Waals surface area contributed by atoms with E-state index in [4.69, 9.17) is 9.97 Å². The maximum Gasteiger partial charge on any atom is 0.336 e. The number of hydrogen-bond donors (Lipinski definition) is 2. The molecule has 1 aliphatic rings. The Hall–Kier alpha value is -4.00. The maximum absolute atomic E-state index is 13.0. The molecule has 2 aromatic carbocycles. The van der Waals surface area contributed by atoms with Crippen molar-refractivity contribution in [2.75, 3.05) is 5.32 Å². The van der Waals surface area contributed by atoms with Crippen LogP contribution < -0.4 is 5.32 Å². The van der Waals surface area contributed by atoms with Crippen molar-refractivity contribution in [2.45, 2.75) is 65.0 Å². The van der Waals surface area contributed by atoms with E-state index in [-0.39, 0.29) is 23.3 Å². The SMILES string of the molecule is CCc1nc2ccc(NC(C)C(=O)C3CCCCC3)nc2n1Cc1ccc(-c2ccccc2C(=O)O)cc1. The van der Waals surface area contributed by atoms with Crippen molar-refractivity contribution in [1.29, 1.82) is 0 Å². The Morgan fingerprint density at radius 3 is 2.45 bits per heavy atom. The van der Waals surface area contributed by atoms with E-state index in [2.05, 4.69) is 16.8 Å². The van der Waals surface area contributed by atoms with E-state index in [9.17, 15) is 14.7 Å². The van der Waals surface area contributed by atoms with Gasteiger partial charge in [-0.3, -0.25) is 4.79 Å². The largest absolute Gasteiger partial charge is 0.478 e. The molecule has 1 fully saturated rings. The van der Waals surface area contributed by atoms with Crippen LogP contribution in [0.1, 0.15) is 67.7 Å². The molecule has 4 aromatic rings. The lowest BCUT2D eigenvalue weighted by Crippen LogP contribution is -2.33. The number of carbonyl (C=O) groups excluding carboxylic acids is 1. The first kappa shape index (κ1) is 25.6. The number of fused-ring (bicyclic) bond motifs is 1. The molecule has 38 heavy (non-hydrogen) atoms. The first-order valence-electron chi connectivity index (χ1n) is 13.5. The summed E-state index contributed by atoms with van der Waals surface area (Å²) >= 11 is 0. The highest BCUT2D eigenvalue weighted by molar-refractivity contribution is 5.96. The zero-order valence-corrected chi connectivity index (χ0v) is 22.0. The molecular formula is C31H34N4O3. The van der Waals surface area contributed by atoms with Crippen molar-refractivity contribution in [3.8, 4) is 11.1 Å². The van der Waals surface area contributed by atoms with E-state index in [0.29, 0.717) is 17.9 Å². The van der Waals surface area contributed by atoms with E-state index in [1.54, 1.807) is 12.1 Å². The van der Waals surface area contributed by atoms with Crippen LogP contribution in [-0.4, -0.2) is 37.4 Å². The van der Waals surface area contributed by atoms with Gasteiger partial charge in [0.15, 0.2) is 11.4 Å². The van der Waals surface area contributed by atoms with Gasteiger partial charge < -0.3 is 15.0 Å². The van der Waals surface area contributed by atoms with Gasteiger partial charge in [0.05, 0.1) is 18.2 Å². The number of aromatic nitrogens is 3. The van der Waals surface area contributed by atoms with Crippen LogP contribution in [0.15, 0.2) is 60.7 Å². The molecule has 0 amide bonds. The molecule has 1 atom stereocenters. The Kier molecular flexibility index (Phi) is 7.54. The second-order valence-corrected chi connectivity index (χ2v) is 10.2. The van der Waals surface area contributed by atoms with Crippen molar-refractivity contribution >= 4 is 28.7 Å². The van der Waals surface area contributed by atoms with Gasteiger partial charge in [-0.1, -0.05) is 68.7 Å². The zero-order valence-electron chi connectivity index (χ0n) is 22.0. The molecule has 7 nitrogen and oxygen atoms in total. The number of nitrogens with one attached hydrogen (secondary N) is 1. The van der Waals surface area contributed by atoms with Gasteiger partial charge in [-0.05, 0) is 54.7 Å². The van der Waals surface area contributed by atoms with Crippen LogP contribution >= 0.6 is 0 Å². The summed E-state index contributed by atoms with van der Waals surface area (Å²) in [6.07, 6.45) is 6.25. The number of nitrogens with zero attached hydrogens (tertiary/aromatic N) is 3. The molecule has 7 heteroatoms. The highest BCUT2D eigenvalue weighted by Crippen LogP contribution is 2.27. The summed E-state index contributed by atoms with van der Waals surface area (Å²) in [5.74, 6) is 1.11. The topological polar surface area (TPSA) is 97.1 Å². The number of aryl methyl sites for hydroxylation is 1. The molecule has 2 N–H and O–H groups in total. The zero-order chi connectivity index (χ0) is 26.6. The Morgan fingerprint density at radius 2 is 1.74 bits per heavy atom. The highest BCUT2D eigenvalue weighted by atomic mass is 16.4. The number of carboxylic acids is 1. The summed E-state index contributed by atoms with van der Waals surface area (Å²) < 4.78 is 2.12. The molecule has 5 rings (SSSR count). The normalized spacial score (nSPS) is 14.9. The second-order valence-electron chi connectivity index (χ2n) is 10.2. The van der Waals surface area contributed by atoms with Crippen molar-refractivity contribution in [1.82, 2.24) is 14.5 Å². The van der Waals surface area contributed by atoms with E-state index >= 15 is 0 Å². The van der Waals surface area contributed by atoms with Gasteiger partial charge in [-0.2, -0.15) is 0 Å². The highest BCUT2D eigenvalue weighted by Gasteiger charge is 2.26. The van der Waals surface area contributed by atoms with Gasteiger partial charge in [-0.25, -0.2) is 14.8 Å². The summed E-state index contributed by atoms with van der Waals surface area (Å²) in [5, 5.41) is 12.9. The summed E-state index contributed by atoms with van der Waals surface area (Å²) in [7, 11) is 0. The van der Waals surface area contributed by atoms with Gasteiger partial charge in [-0.15, -0.1) is 0 Å². The number of rotatable bonds is 9. The van der Waals surface area contributed by atoms with Crippen LogP contribution in [0.2, 0.25) is 0 Å². The fourth-order valence-corrected chi connectivity index (χ4v) is 5.49. The van der Waals surface area contributed by atoms with Gasteiger partial charge in [0.1, 0.15) is 17.2 Å². The Bertz CT molecular complexity index is 1450. The number of hydrogen-bond acceptors (Lipinski definition) is 5. The molecule has 1 unspecified atom stereocenters. The van der Waals surface area contributed by atoms with Crippen LogP contribution in [-0.2, 0) is 17.8 Å². The standard InChI is InChI=1S/C31H34N4O3/c1-3-28-33-26-17-18-27(32-20(2)29(36)23-9-5-4-6-10-23)34-30(26)35(28)19-21-13-15-22(16-14-21)24-11-7-8-12-25(24)31(37)38/h7-8,11-18,20,23H,3-6,9-10,19H2,1-2H3,(H,32,34)(H,37,38). The van der Waals surface area contributed by atoms with E-state index in [0.717, 1.165) is 60.2 Å². The molecule has 1 aliphatic carbocycles. The smallest absolute Gasteiger partial charge is 0.336 e. The summed E-state index contributed by atoms with van der Waals surface area (Å²) in [6.45, 7) is 4.60. The van der Waals surface area contributed by atoms with Gasteiger partial charge >= 0.3 is 5.97 Å². The monoisotopic (exact) mass is 510 g/mol. The quantitative estimate of drug-likeness (QED) is 0.272. The minimum Gasteiger partial charge on any atom is -0.478 e. The van der Waals surface area contributed by atoms with E-state index < -0.39 is 5.97 Å². The van der Waals surface area contributed by atoms with Crippen molar-refractivity contribution in [2.24, 2.45) is 5.92 Å². The fourth-order valence-electron chi connectivity index (χ4n) is 5.49. The molecule has 0 spiro atoms. The average Bonchev–Trinajstić information content (AvgIpc) is 3.30. The number of benzene rings is 2.